The number of anilines is 1. The normalized spacial score (nSPS) is 15.9. The number of fused-ring (bicyclic) bond motifs is 1. The third-order valence-electron chi connectivity index (χ3n) is 4.75. The predicted octanol–water partition coefficient (Wildman–Crippen LogP) is 3.22. The third-order valence-corrected chi connectivity index (χ3v) is 5.58. The number of nitrogens with one attached hydrogen (secondary N) is 2. The summed E-state index contributed by atoms with van der Waals surface area (Å²) < 4.78 is 10.3. The Morgan fingerprint density at radius 2 is 1.90 bits per heavy atom. The Bertz CT molecular complexity index is 1010. The van der Waals surface area contributed by atoms with E-state index < -0.39 is 12.5 Å². The zero-order chi connectivity index (χ0) is 22.5. The second-order valence-electron chi connectivity index (χ2n) is 6.67. The standard InChI is InChI=1S/C21H22Cl2N4O3S/c1-27-16-9-8-12(22)10-14(16)18(13-6-4-5-7-15(13)23)25-19(20(27)28)26-21(31)24-11-17(29-2)30-3/h4-10,17,19H,11H2,1-3H3,(H2,24,26,31). The first-order valence-corrected chi connectivity index (χ1v) is 10.5. The van der Waals surface area contributed by atoms with E-state index in [-0.39, 0.29) is 11.0 Å². The van der Waals surface area contributed by atoms with Crippen LogP contribution in [0.15, 0.2) is 47.5 Å². The van der Waals surface area contributed by atoms with Crippen LogP contribution in [0.4, 0.5) is 5.69 Å². The first-order valence-electron chi connectivity index (χ1n) is 9.35. The Morgan fingerprint density at radius 3 is 2.58 bits per heavy atom. The minimum atomic E-state index is -0.981. The second kappa shape index (κ2) is 10.4. The van der Waals surface area contributed by atoms with Crippen LogP contribution in [0.25, 0.3) is 0 Å². The molecule has 2 N–H and O–H groups in total. The van der Waals surface area contributed by atoms with E-state index in [2.05, 4.69) is 10.6 Å². The fraction of sp³-hybridized carbons (Fsp3) is 0.286. The van der Waals surface area contributed by atoms with Crippen molar-refractivity contribution in [2.24, 2.45) is 4.99 Å². The predicted molar refractivity (Wildman–Crippen MR) is 127 cm³/mol. The number of carbonyl (C=O) groups is 1. The van der Waals surface area contributed by atoms with Gasteiger partial charge >= 0.3 is 0 Å². The summed E-state index contributed by atoms with van der Waals surface area (Å²) >= 11 is 18.1. The van der Waals surface area contributed by atoms with Gasteiger partial charge in [-0.1, -0.05) is 41.4 Å². The van der Waals surface area contributed by atoms with Gasteiger partial charge in [-0.05, 0) is 36.5 Å². The molecule has 10 heteroatoms. The highest BCUT2D eigenvalue weighted by Crippen LogP contribution is 2.31. The van der Waals surface area contributed by atoms with Crippen molar-refractivity contribution in [3.05, 3.63) is 63.6 Å². The Kier molecular flexibility index (Phi) is 7.85. The number of benzodiazepines with no additional fused rings is 1. The van der Waals surface area contributed by atoms with E-state index in [1.807, 2.05) is 18.2 Å². The van der Waals surface area contributed by atoms with Gasteiger partial charge in [0.25, 0.3) is 5.91 Å². The summed E-state index contributed by atoms with van der Waals surface area (Å²) in [6, 6.07) is 12.6. The van der Waals surface area contributed by atoms with Crippen LogP contribution in [0.3, 0.4) is 0 Å². The molecule has 0 aromatic heterocycles. The molecule has 2 aromatic rings. The minimum Gasteiger partial charge on any atom is -0.358 e. The van der Waals surface area contributed by atoms with Crippen molar-refractivity contribution >= 4 is 57.8 Å². The molecule has 2 aromatic carbocycles. The maximum absolute atomic E-state index is 13.2. The number of methoxy groups -OCH3 is 2. The number of amides is 1. The summed E-state index contributed by atoms with van der Waals surface area (Å²) in [5.41, 5.74) is 2.57. The van der Waals surface area contributed by atoms with Gasteiger partial charge in [0.2, 0.25) is 6.17 Å². The van der Waals surface area contributed by atoms with Crippen molar-refractivity contribution in [3.8, 4) is 0 Å². The molecule has 31 heavy (non-hydrogen) atoms. The average Bonchev–Trinajstić information content (AvgIpc) is 2.85. The number of hydrogen-bond acceptors (Lipinski definition) is 5. The lowest BCUT2D eigenvalue weighted by molar-refractivity contribution is -0.119. The van der Waals surface area contributed by atoms with Crippen LogP contribution in [0.2, 0.25) is 10.0 Å². The summed E-state index contributed by atoms with van der Waals surface area (Å²) in [6.45, 7) is 0.298. The van der Waals surface area contributed by atoms with E-state index in [9.17, 15) is 4.79 Å². The zero-order valence-corrected chi connectivity index (χ0v) is 19.5. The number of ether oxygens (including phenoxy) is 2. The Morgan fingerprint density at radius 1 is 1.19 bits per heavy atom. The van der Waals surface area contributed by atoms with Crippen molar-refractivity contribution in [3.63, 3.8) is 0 Å². The summed E-state index contributed by atoms with van der Waals surface area (Å²) in [4.78, 5) is 19.4. The number of nitrogens with zero attached hydrogens (tertiary/aromatic N) is 2. The molecule has 1 heterocycles. The maximum atomic E-state index is 13.2. The molecular formula is C21H22Cl2N4O3S. The molecule has 1 aliphatic heterocycles. The van der Waals surface area contributed by atoms with Gasteiger partial charge in [-0.25, -0.2) is 4.99 Å². The van der Waals surface area contributed by atoms with Crippen LogP contribution >= 0.6 is 35.4 Å². The lowest BCUT2D eigenvalue weighted by Crippen LogP contribution is -2.50. The lowest BCUT2D eigenvalue weighted by atomic mass is 10.00. The number of carbonyl (C=O) groups excluding carboxylic acids is 1. The van der Waals surface area contributed by atoms with Gasteiger partial charge in [0.1, 0.15) is 0 Å². The molecule has 0 saturated carbocycles. The van der Waals surface area contributed by atoms with Gasteiger partial charge in [0, 0.05) is 42.4 Å². The van der Waals surface area contributed by atoms with Crippen LogP contribution in [0, 0.1) is 0 Å². The number of thiocarbonyl (C=S) groups is 1. The minimum absolute atomic E-state index is 0.233. The Hall–Kier alpha value is -2.23. The van der Waals surface area contributed by atoms with Crippen LogP contribution in [0.1, 0.15) is 11.1 Å². The summed E-state index contributed by atoms with van der Waals surface area (Å²) in [5.74, 6) is -0.287. The van der Waals surface area contributed by atoms with Crippen LogP contribution in [-0.2, 0) is 14.3 Å². The van der Waals surface area contributed by atoms with Crippen molar-refractivity contribution in [1.82, 2.24) is 10.6 Å². The quantitative estimate of drug-likeness (QED) is 0.488. The van der Waals surface area contributed by atoms with E-state index in [4.69, 9.17) is 49.9 Å². The number of hydrogen-bond donors (Lipinski definition) is 2. The van der Waals surface area contributed by atoms with Gasteiger partial charge in [-0.3, -0.25) is 4.79 Å². The number of rotatable bonds is 6. The van der Waals surface area contributed by atoms with Gasteiger partial charge in [-0.15, -0.1) is 0 Å². The SMILES string of the molecule is COC(CNC(=S)NC1N=C(c2ccccc2Cl)c2cc(Cl)ccc2N(C)C1=O)OC. The van der Waals surface area contributed by atoms with E-state index in [1.165, 1.54) is 19.1 Å². The van der Waals surface area contributed by atoms with Gasteiger partial charge < -0.3 is 25.0 Å². The van der Waals surface area contributed by atoms with Crippen molar-refractivity contribution < 1.29 is 14.3 Å². The Labute approximate surface area is 196 Å². The molecule has 1 atom stereocenters. The first kappa shape index (κ1) is 23.4. The zero-order valence-electron chi connectivity index (χ0n) is 17.2. The third kappa shape index (κ3) is 5.34. The highest BCUT2D eigenvalue weighted by molar-refractivity contribution is 7.80. The van der Waals surface area contributed by atoms with Crippen LogP contribution in [-0.4, -0.2) is 57.0 Å². The van der Waals surface area contributed by atoms with E-state index in [0.717, 1.165) is 0 Å². The Balaban J connectivity index is 2.00. The molecular weight excluding hydrogens is 459 g/mol. The molecule has 0 spiro atoms. The number of aliphatic imine (C=N–C) groups is 1. The maximum Gasteiger partial charge on any atom is 0.272 e. The molecule has 7 nitrogen and oxygen atoms in total. The van der Waals surface area contributed by atoms with Crippen LogP contribution < -0.4 is 15.5 Å². The monoisotopic (exact) mass is 480 g/mol. The second-order valence-corrected chi connectivity index (χ2v) is 7.93. The average molecular weight is 481 g/mol. The molecule has 0 aliphatic carbocycles. The summed E-state index contributed by atoms with van der Waals surface area (Å²) in [5, 5.41) is 7.19. The molecule has 3 rings (SSSR count). The van der Waals surface area contributed by atoms with E-state index >= 15 is 0 Å². The number of halogens is 2. The summed E-state index contributed by atoms with van der Waals surface area (Å²) in [6.07, 6.45) is -1.47. The van der Waals surface area contributed by atoms with Gasteiger partial charge in [0.05, 0.1) is 17.9 Å². The molecule has 0 radical (unpaired) electrons. The molecule has 1 aliphatic rings. The molecule has 0 saturated heterocycles. The van der Waals surface area contributed by atoms with Crippen molar-refractivity contribution in [2.45, 2.75) is 12.5 Å². The highest BCUT2D eigenvalue weighted by Gasteiger charge is 2.31. The highest BCUT2D eigenvalue weighted by atomic mass is 35.5. The van der Waals surface area contributed by atoms with Gasteiger partial charge in [0.15, 0.2) is 11.4 Å². The molecule has 164 valence electrons. The number of benzene rings is 2. The molecule has 0 fully saturated rings. The lowest BCUT2D eigenvalue weighted by Gasteiger charge is -2.22. The van der Waals surface area contributed by atoms with Crippen molar-refractivity contribution in [2.75, 3.05) is 32.7 Å². The van der Waals surface area contributed by atoms with Crippen molar-refractivity contribution in [1.29, 1.82) is 0 Å². The molecule has 1 unspecified atom stereocenters. The largest absolute Gasteiger partial charge is 0.358 e. The van der Waals surface area contributed by atoms with Crippen LogP contribution in [0.5, 0.6) is 0 Å². The number of likely N-dealkylation sites (N-methyl/N-ethyl adjacent to an activating group) is 1. The molecule has 1 amide bonds. The fourth-order valence-electron chi connectivity index (χ4n) is 3.12. The van der Waals surface area contributed by atoms with E-state index in [0.29, 0.717) is 39.1 Å². The summed E-state index contributed by atoms with van der Waals surface area (Å²) in [7, 11) is 4.73. The smallest absolute Gasteiger partial charge is 0.272 e. The van der Waals surface area contributed by atoms with E-state index in [1.54, 1.807) is 31.3 Å². The fourth-order valence-corrected chi connectivity index (χ4v) is 3.71. The topological polar surface area (TPSA) is 75.2 Å². The first-order chi connectivity index (χ1) is 14.8. The van der Waals surface area contributed by atoms with Gasteiger partial charge in [-0.2, -0.15) is 0 Å². The molecule has 0 bridgehead atoms.